The number of anilines is 1. The van der Waals surface area contributed by atoms with Gasteiger partial charge in [-0.1, -0.05) is 0 Å². The highest BCUT2D eigenvalue weighted by Gasteiger charge is 2.33. The van der Waals surface area contributed by atoms with Gasteiger partial charge in [-0.25, -0.2) is 4.98 Å². The lowest BCUT2D eigenvalue weighted by Gasteiger charge is -2.36. The minimum Gasteiger partial charge on any atom is -0.399 e. The predicted molar refractivity (Wildman–Crippen MR) is 73.8 cm³/mol. The van der Waals surface area contributed by atoms with Crippen LogP contribution < -0.4 is 5.73 Å². The molecule has 5 heteroatoms. The highest BCUT2D eigenvalue weighted by molar-refractivity contribution is 5.80. The van der Waals surface area contributed by atoms with Crippen molar-refractivity contribution in [3.8, 4) is 0 Å². The number of nitrogens with zero attached hydrogens (tertiary/aromatic N) is 2. The molecule has 1 aromatic carbocycles. The number of aliphatic hydroxyl groups excluding tert-OH is 1. The molecule has 19 heavy (non-hydrogen) atoms. The van der Waals surface area contributed by atoms with Crippen LogP contribution in [0.2, 0.25) is 0 Å². The van der Waals surface area contributed by atoms with Gasteiger partial charge in [-0.15, -0.1) is 0 Å². The maximum Gasteiger partial charge on any atom is 0.136 e. The molecule has 1 saturated heterocycles. The van der Waals surface area contributed by atoms with E-state index < -0.39 is 0 Å². The van der Waals surface area contributed by atoms with E-state index in [-0.39, 0.29) is 12.1 Å². The molecule has 1 fully saturated rings. The van der Waals surface area contributed by atoms with Crippen molar-refractivity contribution in [3.05, 3.63) is 24.0 Å². The summed E-state index contributed by atoms with van der Waals surface area (Å²) in [6, 6.07) is 5.68. The van der Waals surface area contributed by atoms with E-state index in [1.54, 1.807) is 0 Å². The van der Waals surface area contributed by atoms with Gasteiger partial charge >= 0.3 is 0 Å². The zero-order valence-corrected chi connectivity index (χ0v) is 11.1. The molecule has 3 rings (SSSR count). The Morgan fingerprint density at radius 1 is 1.53 bits per heavy atom. The molecule has 2 aromatic rings. The fourth-order valence-corrected chi connectivity index (χ4v) is 2.95. The molecular formula is C14H19N3O2. The van der Waals surface area contributed by atoms with Crippen molar-refractivity contribution in [2.24, 2.45) is 0 Å². The van der Waals surface area contributed by atoms with E-state index in [0.717, 1.165) is 30.5 Å². The number of nitrogens with two attached hydrogens (primary N) is 1. The first kappa shape index (κ1) is 12.4. The van der Waals surface area contributed by atoms with Crippen LogP contribution in [-0.4, -0.2) is 27.9 Å². The maximum absolute atomic E-state index is 9.58. The molecule has 1 unspecified atom stereocenters. The number of ether oxygens (including phenoxy) is 1. The van der Waals surface area contributed by atoms with Gasteiger partial charge in [0.05, 0.1) is 23.2 Å². The van der Waals surface area contributed by atoms with Gasteiger partial charge < -0.3 is 20.1 Å². The van der Waals surface area contributed by atoms with Crippen LogP contribution in [0, 0.1) is 0 Å². The minimum absolute atomic E-state index is 0.0792. The van der Waals surface area contributed by atoms with Gasteiger partial charge in [0.25, 0.3) is 0 Å². The molecule has 0 radical (unpaired) electrons. The summed E-state index contributed by atoms with van der Waals surface area (Å²) >= 11 is 0. The van der Waals surface area contributed by atoms with Crippen LogP contribution in [0.3, 0.4) is 0 Å². The van der Waals surface area contributed by atoms with Crippen molar-refractivity contribution in [3.63, 3.8) is 0 Å². The number of imidazole rings is 1. The zero-order chi connectivity index (χ0) is 13.5. The smallest absolute Gasteiger partial charge is 0.136 e. The third kappa shape index (κ3) is 1.99. The van der Waals surface area contributed by atoms with Crippen LogP contribution in [-0.2, 0) is 16.9 Å². The van der Waals surface area contributed by atoms with Crippen LogP contribution in [0.5, 0.6) is 0 Å². The molecule has 102 valence electrons. The Morgan fingerprint density at radius 2 is 2.37 bits per heavy atom. The first-order valence-electron chi connectivity index (χ1n) is 6.60. The summed E-state index contributed by atoms with van der Waals surface area (Å²) in [7, 11) is 0. The van der Waals surface area contributed by atoms with Crippen LogP contribution in [0.15, 0.2) is 18.2 Å². The van der Waals surface area contributed by atoms with Gasteiger partial charge in [-0.05, 0) is 38.0 Å². The number of aromatic nitrogens is 2. The lowest BCUT2D eigenvalue weighted by molar-refractivity contribution is 0.00867. The zero-order valence-electron chi connectivity index (χ0n) is 11.1. The summed E-state index contributed by atoms with van der Waals surface area (Å²) in [4.78, 5) is 4.49. The molecule has 0 aliphatic carbocycles. The Hall–Kier alpha value is -1.59. The second-order valence-electron chi connectivity index (χ2n) is 5.42. The van der Waals surface area contributed by atoms with Gasteiger partial charge in [-0.3, -0.25) is 0 Å². The average Bonchev–Trinajstić information content (AvgIpc) is 2.77. The Labute approximate surface area is 112 Å². The van der Waals surface area contributed by atoms with Crippen molar-refractivity contribution < 1.29 is 9.84 Å². The SMILES string of the molecule is CC1(n2c(CO)nc3cc(N)ccc32)CCCOC1. The van der Waals surface area contributed by atoms with Crippen LogP contribution in [0.4, 0.5) is 5.69 Å². The predicted octanol–water partition coefficient (Wildman–Crippen LogP) is 1.64. The van der Waals surface area contributed by atoms with Crippen LogP contribution in [0.1, 0.15) is 25.6 Å². The first-order valence-corrected chi connectivity index (χ1v) is 6.60. The quantitative estimate of drug-likeness (QED) is 0.806. The van der Waals surface area contributed by atoms with E-state index in [2.05, 4.69) is 16.5 Å². The Kier molecular flexibility index (Phi) is 2.95. The molecule has 1 atom stereocenters. The average molecular weight is 261 g/mol. The molecule has 1 aliphatic rings. The molecule has 2 heterocycles. The van der Waals surface area contributed by atoms with Gasteiger partial charge in [0.15, 0.2) is 0 Å². The van der Waals surface area contributed by atoms with Crippen LogP contribution >= 0.6 is 0 Å². The summed E-state index contributed by atoms with van der Waals surface area (Å²) in [5.74, 6) is 0.675. The summed E-state index contributed by atoms with van der Waals surface area (Å²) in [6.45, 7) is 3.53. The van der Waals surface area contributed by atoms with Gasteiger partial charge in [0, 0.05) is 12.3 Å². The third-order valence-electron chi connectivity index (χ3n) is 3.85. The summed E-state index contributed by atoms with van der Waals surface area (Å²) < 4.78 is 7.74. The van der Waals surface area contributed by atoms with Crippen LogP contribution in [0.25, 0.3) is 11.0 Å². The number of hydrogen-bond donors (Lipinski definition) is 2. The fraction of sp³-hybridized carbons (Fsp3) is 0.500. The molecule has 1 aromatic heterocycles. The van der Waals surface area contributed by atoms with Crippen molar-refractivity contribution in [1.82, 2.24) is 9.55 Å². The highest BCUT2D eigenvalue weighted by atomic mass is 16.5. The minimum atomic E-state index is -0.152. The summed E-state index contributed by atoms with van der Waals surface area (Å²) in [5, 5.41) is 9.58. The number of hydrogen-bond acceptors (Lipinski definition) is 4. The van der Waals surface area contributed by atoms with Gasteiger partial charge in [-0.2, -0.15) is 0 Å². The second-order valence-corrected chi connectivity index (χ2v) is 5.42. The van der Waals surface area contributed by atoms with E-state index in [0.29, 0.717) is 18.1 Å². The molecule has 0 saturated carbocycles. The highest BCUT2D eigenvalue weighted by Crippen LogP contribution is 2.32. The van der Waals surface area contributed by atoms with Crippen molar-refractivity contribution in [1.29, 1.82) is 0 Å². The monoisotopic (exact) mass is 261 g/mol. The van der Waals surface area contributed by atoms with E-state index in [9.17, 15) is 5.11 Å². The topological polar surface area (TPSA) is 73.3 Å². The van der Waals surface area contributed by atoms with E-state index in [1.165, 1.54) is 0 Å². The third-order valence-corrected chi connectivity index (χ3v) is 3.85. The van der Waals surface area contributed by atoms with E-state index in [4.69, 9.17) is 10.5 Å². The number of rotatable bonds is 2. The fourth-order valence-electron chi connectivity index (χ4n) is 2.95. The molecule has 0 amide bonds. The molecule has 0 bridgehead atoms. The lowest BCUT2D eigenvalue weighted by Crippen LogP contribution is -2.40. The van der Waals surface area contributed by atoms with Crippen molar-refractivity contribution in [2.75, 3.05) is 18.9 Å². The number of nitrogen functional groups attached to an aromatic ring is 1. The lowest BCUT2D eigenvalue weighted by atomic mass is 9.94. The standard InChI is InChI=1S/C14H19N3O2/c1-14(5-2-6-19-9-14)17-12-4-3-10(15)7-11(12)16-13(17)8-18/h3-4,7,18H,2,5-6,8-9,15H2,1H3. The molecule has 1 aliphatic heterocycles. The summed E-state index contributed by atoms with van der Waals surface area (Å²) in [6.07, 6.45) is 2.05. The Balaban J connectivity index is 2.20. The van der Waals surface area contributed by atoms with Crippen molar-refractivity contribution in [2.45, 2.75) is 31.9 Å². The van der Waals surface area contributed by atoms with Crippen molar-refractivity contribution >= 4 is 16.7 Å². The Morgan fingerprint density at radius 3 is 3.05 bits per heavy atom. The maximum atomic E-state index is 9.58. The first-order chi connectivity index (χ1) is 9.14. The van der Waals surface area contributed by atoms with Gasteiger partial charge in [0.2, 0.25) is 0 Å². The number of fused-ring (bicyclic) bond motifs is 1. The molecule has 0 spiro atoms. The number of benzene rings is 1. The normalized spacial score (nSPS) is 23.9. The molecule has 5 nitrogen and oxygen atoms in total. The van der Waals surface area contributed by atoms with Gasteiger partial charge in [0.1, 0.15) is 12.4 Å². The second kappa shape index (κ2) is 4.51. The molecular weight excluding hydrogens is 242 g/mol. The summed E-state index contributed by atoms with van der Waals surface area (Å²) in [5.41, 5.74) is 8.17. The van der Waals surface area contributed by atoms with E-state index in [1.807, 2.05) is 18.2 Å². The Bertz CT molecular complexity index is 600. The number of aliphatic hydroxyl groups is 1. The molecule has 3 N–H and O–H groups in total. The van der Waals surface area contributed by atoms with E-state index >= 15 is 0 Å². The largest absolute Gasteiger partial charge is 0.399 e.